The maximum absolute atomic E-state index is 5.28. The summed E-state index contributed by atoms with van der Waals surface area (Å²) in [4.78, 5) is 7.18. The molecule has 4 aromatic rings. The molecule has 0 spiro atoms. The summed E-state index contributed by atoms with van der Waals surface area (Å²) in [7, 11) is 1.69. The molecule has 0 atom stereocenters. The number of aryl methyl sites for hydroxylation is 1. The molecule has 2 aromatic carbocycles. The zero-order chi connectivity index (χ0) is 17.7. The Morgan fingerprint density at radius 1 is 1.12 bits per heavy atom. The number of ether oxygens (including phenoxy) is 1. The first-order valence-corrected chi connectivity index (χ1v) is 9.54. The van der Waals surface area contributed by atoms with E-state index in [2.05, 4.69) is 53.2 Å². The molecule has 1 N–H and O–H groups in total. The third-order valence-electron chi connectivity index (χ3n) is 4.97. The zero-order valence-corrected chi connectivity index (χ0v) is 15.6. The van der Waals surface area contributed by atoms with Gasteiger partial charge in [0.1, 0.15) is 5.75 Å². The van der Waals surface area contributed by atoms with Gasteiger partial charge in [0.05, 0.1) is 18.5 Å². The smallest absolute Gasteiger partial charge is 0.194 e. The van der Waals surface area contributed by atoms with Gasteiger partial charge in [-0.2, -0.15) is 0 Å². The van der Waals surface area contributed by atoms with Crippen molar-refractivity contribution in [3.63, 3.8) is 0 Å². The highest BCUT2D eigenvalue weighted by Crippen LogP contribution is 2.35. The number of hydrogen-bond acceptors (Lipinski definition) is 4. The summed E-state index contributed by atoms with van der Waals surface area (Å²) < 4.78 is 7.49. The van der Waals surface area contributed by atoms with E-state index in [0.29, 0.717) is 0 Å². The molecule has 3 heterocycles. The quantitative estimate of drug-likeness (QED) is 0.557. The minimum absolute atomic E-state index is 0.871. The lowest BCUT2D eigenvalue weighted by Crippen LogP contribution is -1.90. The van der Waals surface area contributed by atoms with E-state index in [-0.39, 0.29) is 0 Å². The second-order valence-electron chi connectivity index (χ2n) is 6.56. The Labute approximate surface area is 156 Å². The Morgan fingerprint density at radius 2 is 1.92 bits per heavy atom. The molecule has 0 unspecified atom stereocenters. The number of aromatic nitrogens is 2. The van der Waals surface area contributed by atoms with Crippen molar-refractivity contribution in [3.8, 4) is 28.3 Å². The number of thiazole rings is 1. The Morgan fingerprint density at radius 3 is 2.73 bits per heavy atom. The summed E-state index contributed by atoms with van der Waals surface area (Å²) in [6, 6.07) is 14.8. The van der Waals surface area contributed by atoms with Crippen LogP contribution in [0.3, 0.4) is 0 Å². The molecule has 5 rings (SSSR count). The molecular formula is C21H19N3OS. The number of rotatable bonds is 3. The zero-order valence-electron chi connectivity index (χ0n) is 14.7. The van der Waals surface area contributed by atoms with Gasteiger partial charge < -0.3 is 10.1 Å². The van der Waals surface area contributed by atoms with Crippen molar-refractivity contribution in [2.45, 2.75) is 13.3 Å². The van der Waals surface area contributed by atoms with Gasteiger partial charge in [-0.25, -0.2) is 4.98 Å². The fraction of sp³-hybridized carbons (Fsp3) is 0.190. The molecule has 130 valence electrons. The molecule has 1 aliphatic heterocycles. The topological polar surface area (TPSA) is 38.6 Å². The Hall–Kier alpha value is -2.79. The van der Waals surface area contributed by atoms with Crippen LogP contribution in [-0.4, -0.2) is 23.0 Å². The van der Waals surface area contributed by atoms with Crippen LogP contribution in [0.25, 0.3) is 27.5 Å². The molecule has 0 bridgehead atoms. The monoisotopic (exact) mass is 361 g/mol. The highest BCUT2D eigenvalue weighted by molar-refractivity contribution is 7.17. The predicted molar refractivity (Wildman–Crippen MR) is 107 cm³/mol. The van der Waals surface area contributed by atoms with Crippen molar-refractivity contribution in [1.29, 1.82) is 0 Å². The molecule has 5 heteroatoms. The fourth-order valence-corrected chi connectivity index (χ4v) is 4.62. The minimum Gasteiger partial charge on any atom is -0.497 e. The van der Waals surface area contributed by atoms with E-state index in [4.69, 9.17) is 9.72 Å². The van der Waals surface area contributed by atoms with Crippen LogP contribution < -0.4 is 10.1 Å². The number of anilines is 1. The average Bonchev–Trinajstić information content (AvgIpc) is 3.35. The number of hydrogen-bond donors (Lipinski definition) is 1. The molecule has 26 heavy (non-hydrogen) atoms. The summed E-state index contributed by atoms with van der Waals surface area (Å²) in [5, 5.41) is 3.41. The SMILES string of the molecule is COc1ccc(-c2c(C)sc3nc(-c4ccc5c(c4)CCN5)cn23)cc1. The predicted octanol–water partition coefficient (Wildman–Crippen LogP) is 5.01. The molecule has 0 fully saturated rings. The summed E-state index contributed by atoms with van der Waals surface area (Å²) in [5.74, 6) is 0.871. The van der Waals surface area contributed by atoms with E-state index in [9.17, 15) is 0 Å². The lowest BCUT2D eigenvalue weighted by Gasteiger charge is -2.04. The average molecular weight is 361 g/mol. The highest BCUT2D eigenvalue weighted by Gasteiger charge is 2.16. The molecule has 0 amide bonds. The second-order valence-corrected chi connectivity index (χ2v) is 7.74. The van der Waals surface area contributed by atoms with E-state index in [0.717, 1.165) is 29.4 Å². The lowest BCUT2D eigenvalue weighted by atomic mass is 10.1. The molecule has 4 nitrogen and oxygen atoms in total. The first-order chi connectivity index (χ1) is 12.7. The van der Waals surface area contributed by atoms with Crippen LogP contribution in [-0.2, 0) is 6.42 Å². The van der Waals surface area contributed by atoms with Crippen molar-refractivity contribution in [2.75, 3.05) is 19.0 Å². The first kappa shape index (κ1) is 15.5. The number of nitrogens with one attached hydrogen (secondary N) is 1. The third-order valence-corrected chi connectivity index (χ3v) is 5.94. The Kier molecular flexibility index (Phi) is 3.50. The second kappa shape index (κ2) is 5.88. The standard InChI is InChI=1S/C21H19N3OS/c1-13-20(14-3-6-17(25-2)7-4-14)24-12-19(23-21(24)26-13)15-5-8-18-16(11-15)9-10-22-18/h3-8,11-12,22H,9-10H2,1-2H3. The van der Waals surface area contributed by atoms with E-state index in [1.165, 1.54) is 32.9 Å². The van der Waals surface area contributed by atoms with Crippen LogP contribution in [0.15, 0.2) is 48.7 Å². The van der Waals surface area contributed by atoms with Gasteiger partial charge in [0.2, 0.25) is 0 Å². The van der Waals surface area contributed by atoms with Crippen molar-refractivity contribution >= 4 is 22.0 Å². The Bertz CT molecular complexity index is 1110. The minimum atomic E-state index is 0.871. The van der Waals surface area contributed by atoms with Gasteiger partial charge in [-0.15, -0.1) is 11.3 Å². The first-order valence-electron chi connectivity index (χ1n) is 8.73. The lowest BCUT2D eigenvalue weighted by molar-refractivity contribution is 0.415. The summed E-state index contributed by atoms with van der Waals surface area (Å²) in [5.41, 5.74) is 7.23. The van der Waals surface area contributed by atoms with E-state index in [1.807, 2.05) is 12.1 Å². The summed E-state index contributed by atoms with van der Waals surface area (Å²) >= 11 is 1.73. The number of nitrogens with zero attached hydrogens (tertiary/aromatic N) is 2. The van der Waals surface area contributed by atoms with Gasteiger partial charge in [-0.3, -0.25) is 4.40 Å². The largest absolute Gasteiger partial charge is 0.497 e. The highest BCUT2D eigenvalue weighted by atomic mass is 32.1. The molecule has 0 saturated carbocycles. The third kappa shape index (κ3) is 2.39. The van der Waals surface area contributed by atoms with Crippen LogP contribution in [0.4, 0.5) is 5.69 Å². The van der Waals surface area contributed by atoms with E-state index >= 15 is 0 Å². The number of benzene rings is 2. The molecule has 1 aliphatic rings. The molecular weight excluding hydrogens is 342 g/mol. The van der Waals surface area contributed by atoms with Crippen molar-refractivity contribution < 1.29 is 4.74 Å². The van der Waals surface area contributed by atoms with Gasteiger partial charge in [0.25, 0.3) is 0 Å². The summed E-state index contributed by atoms with van der Waals surface area (Å²) in [6.45, 7) is 3.18. The molecule has 0 saturated heterocycles. The van der Waals surface area contributed by atoms with Gasteiger partial charge >= 0.3 is 0 Å². The molecule has 2 aromatic heterocycles. The van der Waals surface area contributed by atoms with Gasteiger partial charge in [0.15, 0.2) is 4.96 Å². The normalized spacial score (nSPS) is 13.0. The molecule has 0 radical (unpaired) electrons. The van der Waals surface area contributed by atoms with E-state index < -0.39 is 0 Å². The van der Waals surface area contributed by atoms with Crippen LogP contribution in [0.1, 0.15) is 10.4 Å². The maximum Gasteiger partial charge on any atom is 0.194 e. The van der Waals surface area contributed by atoms with Crippen molar-refractivity contribution in [1.82, 2.24) is 9.38 Å². The maximum atomic E-state index is 5.28. The van der Waals surface area contributed by atoms with Crippen molar-refractivity contribution in [2.24, 2.45) is 0 Å². The van der Waals surface area contributed by atoms with Gasteiger partial charge in [-0.05, 0) is 60.9 Å². The molecule has 0 aliphatic carbocycles. The summed E-state index contributed by atoms with van der Waals surface area (Å²) in [6.07, 6.45) is 3.24. The van der Waals surface area contributed by atoms with Crippen LogP contribution in [0, 0.1) is 6.92 Å². The van der Waals surface area contributed by atoms with Crippen LogP contribution >= 0.6 is 11.3 Å². The number of methoxy groups -OCH3 is 1. The Balaban J connectivity index is 1.61. The van der Waals surface area contributed by atoms with Crippen molar-refractivity contribution in [3.05, 3.63) is 59.1 Å². The number of fused-ring (bicyclic) bond motifs is 2. The van der Waals surface area contributed by atoms with Gasteiger partial charge in [-0.1, -0.05) is 6.07 Å². The fourth-order valence-electron chi connectivity index (χ4n) is 3.64. The number of imidazole rings is 1. The van der Waals surface area contributed by atoms with Gasteiger partial charge in [0, 0.05) is 28.9 Å². The van der Waals surface area contributed by atoms with E-state index in [1.54, 1.807) is 18.4 Å². The van der Waals surface area contributed by atoms with Crippen LogP contribution in [0.5, 0.6) is 5.75 Å². The van der Waals surface area contributed by atoms with Crippen LogP contribution in [0.2, 0.25) is 0 Å².